The van der Waals surface area contributed by atoms with Gasteiger partial charge in [-0.3, -0.25) is 9.59 Å². The van der Waals surface area contributed by atoms with E-state index in [9.17, 15) is 14.4 Å². The number of nitrogens with zero attached hydrogens (tertiary/aromatic N) is 1. The molecule has 1 atom stereocenters. The molecule has 1 saturated heterocycles. The van der Waals surface area contributed by atoms with Crippen LogP contribution in [0.4, 0.5) is 5.69 Å². The minimum atomic E-state index is -0.429. The van der Waals surface area contributed by atoms with Crippen molar-refractivity contribution < 1.29 is 23.9 Å². The van der Waals surface area contributed by atoms with E-state index in [-0.39, 0.29) is 11.8 Å². The first-order valence-electron chi connectivity index (χ1n) is 11.1. The highest BCUT2D eigenvalue weighted by atomic mass is 16.5. The number of benzene rings is 2. The van der Waals surface area contributed by atoms with Crippen molar-refractivity contribution >= 4 is 34.4 Å². The van der Waals surface area contributed by atoms with Crippen LogP contribution in [-0.4, -0.2) is 54.0 Å². The second-order valence-electron chi connectivity index (χ2n) is 8.38. The third-order valence-corrected chi connectivity index (χ3v) is 6.28. The standard InChI is InChI=1S/C25H25N3O5/c1-32-25(31)16-7-8-20-18(13-16)19-14-28(10-9-21(19)27-20)24(30)15-4-2-5-17(12-15)26-23(29)22-6-3-11-33-22/h2,4-5,7-8,12-13,22,27H,3,6,9-11,14H2,1H3,(H,26,29). The third kappa shape index (κ3) is 4.09. The summed E-state index contributed by atoms with van der Waals surface area (Å²) in [6, 6.07) is 12.4. The molecule has 2 amide bonds. The monoisotopic (exact) mass is 447 g/mol. The topological polar surface area (TPSA) is 101 Å². The fourth-order valence-electron chi connectivity index (χ4n) is 4.55. The molecule has 0 bridgehead atoms. The third-order valence-electron chi connectivity index (χ3n) is 6.28. The Bertz CT molecular complexity index is 1240. The van der Waals surface area contributed by atoms with Crippen LogP contribution in [0.3, 0.4) is 0 Å². The molecule has 1 unspecified atom stereocenters. The van der Waals surface area contributed by atoms with Crippen LogP contribution in [0.1, 0.15) is 44.8 Å². The highest BCUT2D eigenvalue weighted by Crippen LogP contribution is 2.30. The summed E-state index contributed by atoms with van der Waals surface area (Å²) in [5, 5.41) is 3.78. The van der Waals surface area contributed by atoms with Gasteiger partial charge in [0, 0.05) is 59.5 Å². The van der Waals surface area contributed by atoms with Crippen LogP contribution < -0.4 is 5.32 Å². The van der Waals surface area contributed by atoms with E-state index in [1.165, 1.54) is 7.11 Å². The summed E-state index contributed by atoms with van der Waals surface area (Å²) in [4.78, 5) is 42.8. The average Bonchev–Trinajstić information content (AvgIpc) is 3.51. The SMILES string of the molecule is COC(=O)c1ccc2[nH]c3c(c2c1)CN(C(=O)c1cccc(NC(=O)C2CCCO2)c1)CC3. The number of anilines is 1. The minimum Gasteiger partial charge on any atom is -0.465 e. The van der Waals surface area contributed by atoms with Gasteiger partial charge in [-0.1, -0.05) is 6.07 Å². The number of carbonyl (C=O) groups excluding carboxylic acids is 3. The van der Waals surface area contributed by atoms with E-state index in [1.54, 1.807) is 35.2 Å². The Labute approximate surface area is 190 Å². The fourth-order valence-corrected chi connectivity index (χ4v) is 4.55. The Morgan fingerprint density at radius 2 is 2.03 bits per heavy atom. The number of hydrogen-bond donors (Lipinski definition) is 2. The van der Waals surface area contributed by atoms with Crippen molar-refractivity contribution in [3.8, 4) is 0 Å². The molecule has 0 spiro atoms. The number of amides is 2. The highest BCUT2D eigenvalue weighted by molar-refractivity contribution is 5.99. The zero-order valence-electron chi connectivity index (χ0n) is 18.3. The first kappa shape index (κ1) is 21.2. The second-order valence-corrected chi connectivity index (χ2v) is 8.38. The number of aromatic amines is 1. The number of esters is 1. The lowest BCUT2D eigenvalue weighted by molar-refractivity contribution is -0.124. The second kappa shape index (κ2) is 8.71. The molecule has 8 nitrogen and oxygen atoms in total. The number of rotatable bonds is 4. The molecular weight excluding hydrogens is 422 g/mol. The van der Waals surface area contributed by atoms with Gasteiger partial charge in [-0.2, -0.15) is 0 Å². The van der Waals surface area contributed by atoms with E-state index >= 15 is 0 Å². The molecule has 0 saturated carbocycles. The lowest BCUT2D eigenvalue weighted by atomic mass is 10.0. The zero-order valence-corrected chi connectivity index (χ0v) is 18.3. The van der Waals surface area contributed by atoms with Gasteiger partial charge in [0.2, 0.25) is 0 Å². The van der Waals surface area contributed by atoms with Crippen LogP contribution in [0.25, 0.3) is 10.9 Å². The van der Waals surface area contributed by atoms with Crippen LogP contribution in [0.5, 0.6) is 0 Å². The number of methoxy groups -OCH3 is 1. The molecule has 0 aliphatic carbocycles. The number of ether oxygens (including phenoxy) is 2. The van der Waals surface area contributed by atoms with Gasteiger partial charge in [-0.15, -0.1) is 0 Å². The normalized spacial score (nSPS) is 17.6. The summed E-state index contributed by atoms with van der Waals surface area (Å²) in [5.41, 5.74) is 4.59. The van der Waals surface area contributed by atoms with E-state index < -0.39 is 12.1 Å². The number of H-pyrrole nitrogens is 1. The van der Waals surface area contributed by atoms with Crippen molar-refractivity contribution in [2.75, 3.05) is 25.6 Å². The van der Waals surface area contributed by atoms with Gasteiger partial charge >= 0.3 is 5.97 Å². The lowest BCUT2D eigenvalue weighted by Crippen LogP contribution is -2.35. The largest absolute Gasteiger partial charge is 0.465 e. The molecule has 8 heteroatoms. The maximum atomic E-state index is 13.3. The maximum absolute atomic E-state index is 13.3. The Morgan fingerprint density at radius 1 is 1.15 bits per heavy atom. The quantitative estimate of drug-likeness (QED) is 0.598. The van der Waals surface area contributed by atoms with Crippen LogP contribution in [0.15, 0.2) is 42.5 Å². The molecule has 1 aromatic heterocycles. The first-order valence-corrected chi connectivity index (χ1v) is 11.1. The molecule has 170 valence electrons. The molecule has 1 fully saturated rings. The van der Waals surface area contributed by atoms with Crippen molar-refractivity contribution in [1.82, 2.24) is 9.88 Å². The van der Waals surface area contributed by atoms with Crippen molar-refractivity contribution in [1.29, 1.82) is 0 Å². The summed E-state index contributed by atoms with van der Waals surface area (Å²) in [6.45, 7) is 1.61. The van der Waals surface area contributed by atoms with Gasteiger partial charge in [-0.05, 0) is 49.2 Å². The number of hydrogen-bond acceptors (Lipinski definition) is 5. The summed E-state index contributed by atoms with van der Waals surface area (Å²) < 4.78 is 10.3. The molecule has 2 aliphatic heterocycles. The number of nitrogens with one attached hydrogen (secondary N) is 2. The smallest absolute Gasteiger partial charge is 0.337 e. The molecule has 2 N–H and O–H groups in total. The minimum absolute atomic E-state index is 0.104. The molecule has 33 heavy (non-hydrogen) atoms. The first-order chi connectivity index (χ1) is 16.0. The number of aromatic nitrogens is 1. The molecule has 3 aromatic rings. The van der Waals surface area contributed by atoms with Crippen molar-refractivity contribution in [2.24, 2.45) is 0 Å². The van der Waals surface area contributed by atoms with E-state index in [1.807, 2.05) is 12.1 Å². The van der Waals surface area contributed by atoms with Gasteiger partial charge in [0.25, 0.3) is 11.8 Å². The van der Waals surface area contributed by atoms with Gasteiger partial charge in [0.15, 0.2) is 0 Å². The summed E-state index contributed by atoms with van der Waals surface area (Å²) in [7, 11) is 1.36. The summed E-state index contributed by atoms with van der Waals surface area (Å²) in [6.07, 6.45) is 1.85. The van der Waals surface area contributed by atoms with Crippen LogP contribution >= 0.6 is 0 Å². The predicted molar refractivity (Wildman–Crippen MR) is 122 cm³/mol. The fraction of sp³-hybridized carbons (Fsp3) is 0.320. The lowest BCUT2D eigenvalue weighted by Gasteiger charge is -2.27. The van der Waals surface area contributed by atoms with Gasteiger partial charge in [-0.25, -0.2) is 4.79 Å². The van der Waals surface area contributed by atoms with E-state index in [4.69, 9.17) is 9.47 Å². The maximum Gasteiger partial charge on any atom is 0.337 e. The van der Waals surface area contributed by atoms with Crippen LogP contribution in [0, 0.1) is 0 Å². The van der Waals surface area contributed by atoms with Gasteiger partial charge in [0.1, 0.15) is 6.10 Å². The van der Waals surface area contributed by atoms with E-state index in [0.717, 1.165) is 28.6 Å². The molecule has 5 rings (SSSR count). The summed E-state index contributed by atoms with van der Waals surface area (Å²) in [5.74, 6) is -0.676. The number of fused-ring (bicyclic) bond motifs is 3. The molecule has 3 heterocycles. The number of carbonyl (C=O) groups is 3. The zero-order chi connectivity index (χ0) is 22.9. The average molecular weight is 447 g/mol. The van der Waals surface area contributed by atoms with Crippen LogP contribution in [0.2, 0.25) is 0 Å². The Hall–Kier alpha value is -3.65. The van der Waals surface area contributed by atoms with Gasteiger partial charge < -0.3 is 24.7 Å². The molecular formula is C25H25N3O5. The Balaban J connectivity index is 1.35. The molecule has 2 aliphatic rings. The van der Waals surface area contributed by atoms with Gasteiger partial charge in [0.05, 0.1) is 12.7 Å². The Morgan fingerprint density at radius 3 is 2.82 bits per heavy atom. The summed E-state index contributed by atoms with van der Waals surface area (Å²) >= 11 is 0. The molecule has 0 radical (unpaired) electrons. The van der Waals surface area contributed by atoms with Crippen LogP contribution in [-0.2, 0) is 27.2 Å². The Kier molecular flexibility index (Phi) is 5.60. The van der Waals surface area contributed by atoms with Crippen molar-refractivity contribution in [3.63, 3.8) is 0 Å². The van der Waals surface area contributed by atoms with E-state index in [2.05, 4.69) is 10.3 Å². The van der Waals surface area contributed by atoms with E-state index in [0.29, 0.717) is 49.4 Å². The van der Waals surface area contributed by atoms with Crippen molar-refractivity contribution in [3.05, 3.63) is 64.8 Å². The highest BCUT2D eigenvalue weighted by Gasteiger charge is 2.26. The van der Waals surface area contributed by atoms with Crippen molar-refractivity contribution in [2.45, 2.75) is 31.9 Å². The predicted octanol–water partition coefficient (Wildman–Crippen LogP) is 3.27. The molecule has 2 aromatic carbocycles.